The van der Waals surface area contributed by atoms with Gasteiger partial charge in [0.1, 0.15) is 0 Å². The van der Waals surface area contributed by atoms with E-state index in [1.807, 2.05) is 0 Å². The fourth-order valence-corrected chi connectivity index (χ4v) is 1.01. The van der Waals surface area contributed by atoms with Gasteiger partial charge in [0.2, 0.25) is 5.82 Å². The summed E-state index contributed by atoms with van der Waals surface area (Å²) in [5.74, 6) is 6.11. The number of rotatable bonds is 2. The third kappa shape index (κ3) is 3.14. The first-order valence-electron chi connectivity index (χ1n) is 4.15. The van der Waals surface area contributed by atoms with Crippen LogP contribution in [0.25, 0.3) is 0 Å². The lowest BCUT2D eigenvalue weighted by Gasteiger charge is -1.95. The Labute approximate surface area is 92.3 Å². The molecule has 1 rings (SSSR count). The van der Waals surface area contributed by atoms with Crippen molar-refractivity contribution >= 4 is 24.1 Å². The van der Waals surface area contributed by atoms with Crippen molar-refractivity contribution in [2.75, 3.05) is 11.5 Å². The van der Waals surface area contributed by atoms with E-state index in [1.165, 1.54) is 12.3 Å². The maximum atomic E-state index is 10.5. The molecule has 1 heterocycles. The van der Waals surface area contributed by atoms with Gasteiger partial charge in [0.25, 0.3) is 0 Å². The zero-order chi connectivity index (χ0) is 11.3. The molecule has 0 atom stereocenters. The zero-order valence-corrected chi connectivity index (χ0v) is 8.70. The number of pyridine rings is 1. The largest absolute Gasteiger partial charge is 0.378 e. The Bertz CT molecular complexity index is 437. The second kappa shape index (κ2) is 5.22. The smallest absolute Gasteiger partial charge is 0.312 e. The van der Waals surface area contributed by atoms with Crippen molar-refractivity contribution in [1.29, 1.82) is 0 Å². The summed E-state index contributed by atoms with van der Waals surface area (Å²) < 4.78 is 0. The molecule has 1 aromatic heterocycles. The van der Waals surface area contributed by atoms with Crippen LogP contribution in [0.3, 0.4) is 0 Å². The molecule has 78 valence electrons. The van der Waals surface area contributed by atoms with Gasteiger partial charge >= 0.3 is 5.69 Å². The molecule has 0 bridgehead atoms. The Morgan fingerprint density at radius 1 is 1.67 bits per heavy atom. The molecule has 0 aliphatic heterocycles. The van der Waals surface area contributed by atoms with Crippen LogP contribution in [0, 0.1) is 22.0 Å². The lowest BCUT2D eigenvalue weighted by molar-refractivity contribution is -0.384. The molecule has 5 nitrogen and oxygen atoms in total. The summed E-state index contributed by atoms with van der Waals surface area (Å²) in [6.07, 6.45) is 2.04. The second-order valence-electron chi connectivity index (χ2n) is 2.66. The number of hydrogen-bond donors (Lipinski definition) is 2. The molecular weight excluding hydrogens is 214 g/mol. The van der Waals surface area contributed by atoms with E-state index in [0.717, 1.165) is 0 Å². The minimum atomic E-state index is -0.577. The minimum absolute atomic E-state index is 0.0975. The first kappa shape index (κ1) is 11.3. The summed E-state index contributed by atoms with van der Waals surface area (Å²) in [4.78, 5) is 13.6. The summed E-state index contributed by atoms with van der Waals surface area (Å²) in [6, 6.07) is 1.31. The van der Waals surface area contributed by atoms with E-state index < -0.39 is 4.92 Å². The molecule has 2 N–H and O–H groups in total. The van der Waals surface area contributed by atoms with E-state index in [4.69, 9.17) is 5.73 Å². The van der Waals surface area contributed by atoms with Crippen LogP contribution in [0.2, 0.25) is 0 Å². The quantitative estimate of drug-likeness (QED) is 0.342. The van der Waals surface area contributed by atoms with Crippen LogP contribution in [-0.2, 0) is 0 Å². The normalized spacial score (nSPS) is 9.13. The average molecular weight is 223 g/mol. The lowest BCUT2D eigenvalue weighted by Crippen LogP contribution is -1.98. The topological polar surface area (TPSA) is 82.0 Å². The number of aromatic nitrogens is 1. The highest BCUT2D eigenvalue weighted by Gasteiger charge is 2.12. The van der Waals surface area contributed by atoms with Crippen LogP contribution < -0.4 is 5.73 Å². The predicted octanol–water partition coefficient (Wildman–Crippen LogP) is 1.24. The standard InChI is InChI=1S/C9H9N3O2S/c10-9-8(12(13)14)5-7(6-11-9)3-1-2-4-15/h5-6,15H,2,4H2,(H2,10,11). The highest BCUT2D eigenvalue weighted by atomic mass is 32.1. The van der Waals surface area contributed by atoms with Gasteiger partial charge in [-0.2, -0.15) is 12.6 Å². The van der Waals surface area contributed by atoms with E-state index >= 15 is 0 Å². The number of nitrogens with two attached hydrogens (primary N) is 1. The maximum absolute atomic E-state index is 10.5. The fraction of sp³-hybridized carbons (Fsp3) is 0.222. The van der Waals surface area contributed by atoms with Crippen LogP contribution in [0.15, 0.2) is 12.3 Å². The zero-order valence-electron chi connectivity index (χ0n) is 7.80. The van der Waals surface area contributed by atoms with Gasteiger partial charge in [0.15, 0.2) is 0 Å². The first-order valence-corrected chi connectivity index (χ1v) is 4.78. The molecule has 0 saturated carbocycles. The van der Waals surface area contributed by atoms with Gasteiger partial charge in [-0.05, 0) is 0 Å². The van der Waals surface area contributed by atoms with Crippen molar-refractivity contribution in [3.8, 4) is 11.8 Å². The van der Waals surface area contributed by atoms with Crippen molar-refractivity contribution in [3.63, 3.8) is 0 Å². The van der Waals surface area contributed by atoms with Crippen molar-refractivity contribution in [2.24, 2.45) is 0 Å². The summed E-state index contributed by atoms with van der Waals surface area (Å²) in [6.45, 7) is 0. The molecule has 0 aromatic carbocycles. The summed E-state index contributed by atoms with van der Waals surface area (Å²) in [7, 11) is 0. The average Bonchev–Trinajstić information content (AvgIpc) is 2.20. The Balaban J connectivity index is 2.99. The van der Waals surface area contributed by atoms with Gasteiger partial charge in [-0.1, -0.05) is 11.8 Å². The lowest BCUT2D eigenvalue weighted by atomic mass is 10.2. The van der Waals surface area contributed by atoms with Crippen LogP contribution in [0.1, 0.15) is 12.0 Å². The van der Waals surface area contributed by atoms with E-state index in [0.29, 0.717) is 17.7 Å². The minimum Gasteiger partial charge on any atom is -0.378 e. The molecule has 15 heavy (non-hydrogen) atoms. The van der Waals surface area contributed by atoms with Gasteiger partial charge in [-0.3, -0.25) is 10.1 Å². The molecule has 0 fully saturated rings. The summed E-state index contributed by atoms with van der Waals surface area (Å²) >= 11 is 3.99. The van der Waals surface area contributed by atoms with Crippen LogP contribution in [0.5, 0.6) is 0 Å². The number of nitrogens with zero attached hydrogens (tertiary/aromatic N) is 2. The summed E-state index contributed by atoms with van der Waals surface area (Å²) in [5.41, 5.74) is 5.60. The predicted molar refractivity (Wildman–Crippen MR) is 60.7 cm³/mol. The maximum Gasteiger partial charge on any atom is 0.312 e. The molecule has 0 unspecified atom stereocenters. The fourth-order valence-electron chi connectivity index (χ4n) is 0.899. The Morgan fingerprint density at radius 3 is 3.00 bits per heavy atom. The van der Waals surface area contributed by atoms with E-state index in [2.05, 4.69) is 29.5 Å². The van der Waals surface area contributed by atoms with Crippen LogP contribution >= 0.6 is 12.6 Å². The molecule has 0 aliphatic carbocycles. The van der Waals surface area contributed by atoms with Crippen molar-refractivity contribution < 1.29 is 4.92 Å². The molecular formula is C9H9N3O2S. The second-order valence-corrected chi connectivity index (χ2v) is 3.11. The van der Waals surface area contributed by atoms with Gasteiger partial charge in [-0.15, -0.1) is 0 Å². The van der Waals surface area contributed by atoms with Crippen LogP contribution in [-0.4, -0.2) is 15.7 Å². The van der Waals surface area contributed by atoms with Crippen LogP contribution in [0.4, 0.5) is 11.5 Å². The van der Waals surface area contributed by atoms with Crippen molar-refractivity contribution in [1.82, 2.24) is 4.98 Å². The van der Waals surface area contributed by atoms with E-state index in [1.54, 1.807) is 0 Å². The van der Waals surface area contributed by atoms with E-state index in [9.17, 15) is 10.1 Å². The molecule has 0 saturated heterocycles. The van der Waals surface area contributed by atoms with Crippen molar-refractivity contribution in [3.05, 3.63) is 27.9 Å². The first-order chi connectivity index (χ1) is 7.15. The number of hydrogen-bond acceptors (Lipinski definition) is 5. The van der Waals surface area contributed by atoms with Crippen molar-refractivity contribution in [2.45, 2.75) is 6.42 Å². The molecule has 6 heteroatoms. The van der Waals surface area contributed by atoms with Gasteiger partial charge in [0, 0.05) is 30.0 Å². The Kier molecular flexibility index (Phi) is 3.94. The molecule has 0 spiro atoms. The Hall–Kier alpha value is -1.74. The molecule has 0 aliphatic rings. The van der Waals surface area contributed by atoms with Gasteiger partial charge in [0.05, 0.1) is 4.92 Å². The number of nitro groups is 1. The number of nitrogen functional groups attached to an aromatic ring is 1. The van der Waals surface area contributed by atoms with Gasteiger partial charge < -0.3 is 5.73 Å². The molecule has 0 amide bonds. The third-order valence-electron chi connectivity index (χ3n) is 1.56. The van der Waals surface area contributed by atoms with Gasteiger partial charge in [-0.25, -0.2) is 4.98 Å². The number of anilines is 1. The SMILES string of the molecule is Nc1ncc(C#CCCS)cc1[N+](=O)[O-]. The van der Waals surface area contributed by atoms with E-state index in [-0.39, 0.29) is 11.5 Å². The third-order valence-corrected chi connectivity index (χ3v) is 1.79. The highest BCUT2D eigenvalue weighted by molar-refractivity contribution is 7.80. The molecule has 0 radical (unpaired) electrons. The Morgan fingerprint density at radius 2 is 2.40 bits per heavy atom. The molecule has 1 aromatic rings. The number of thiol groups is 1. The monoisotopic (exact) mass is 223 g/mol. The summed E-state index contributed by atoms with van der Waals surface area (Å²) in [5, 5.41) is 10.5. The highest BCUT2D eigenvalue weighted by Crippen LogP contribution is 2.18.